The molecular weight excluding hydrogens is 392 g/mol. The van der Waals surface area contributed by atoms with E-state index in [4.69, 9.17) is 0 Å². The van der Waals surface area contributed by atoms with Crippen molar-refractivity contribution < 1.29 is 9.59 Å². The van der Waals surface area contributed by atoms with Crippen LogP contribution in [-0.4, -0.2) is 49.0 Å². The summed E-state index contributed by atoms with van der Waals surface area (Å²) in [5.74, 6) is -0.166. The van der Waals surface area contributed by atoms with Gasteiger partial charge in [-0.2, -0.15) is 0 Å². The van der Waals surface area contributed by atoms with Crippen LogP contribution >= 0.6 is 11.8 Å². The van der Waals surface area contributed by atoms with Crippen molar-refractivity contribution in [3.8, 4) is 0 Å². The number of Topliss-reactive ketones (excluding diaryl/α,β-unsaturated/α-hetero) is 1. The number of hydrogen-bond acceptors (Lipinski definition) is 4. The van der Waals surface area contributed by atoms with Crippen LogP contribution in [-0.2, 0) is 9.59 Å². The van der Waals surface area contributed by atoms with Crippen LogP contribution in [0, 0.1) is 0 Å². The fourth-order valence-corrected chi connectivity index (χ4v) is 4.81. The third-order valence-corrected chi connectivity index (χ3v) is 6.34. The van der Waals surface area contributed by atoms with Crippen molar-refractivity contribution >= 4 is 35.2 Å². The summed E-state index contributed by atoms with van der Waals surface area (Å²) in [7, 11) is 4.05. The Hall–Kier alpha value is -2.37. The van der Waals surface area contributed by atoms with Crippen molar-refractivity contribution in [1.82, 2.24) is 4.90 Å². The number of carbonyl (C=O) groups excluding carboxylic acids is 2. The average molecular weight is 423 g/mol. The summed E-state index contributed by atoms with van der Waals surface area (Å²) in [4.78, 5) is 31.8. The number of hydrogen-bond donors (Lipinski definition) is 0. The number of ketones is 1. The zero-order valence-electron chi connectivity index (χ0n) is 18.0. The minimum Gasteiger partial charge on any atom is -0.310 e. The molecule has 1 amide bonds. The summed E-state index contributed by atoms with van der Waals surface area (Å²) in [5.41, 5.74) is 2.63. The maximum absolute atomic E-state index is 13.5. The van der Waals surface area contributed by atoms with Crippen LogP contribution in [0.25, 0.3) is 6.08 Å². The Bertz CT molecular complexity index is 908. The molecule has 1 atom stereocenters. The van der Waals surface area contributed by atoms with E-state index in [-0.39, 0.29) is 11.7 Å². The molecule has 0 saturated carbocycles. The number of fused-ring (bicyclic) bond motifs is 1. The number of allylic oxidation sites excluding steroid dienone is 1. The lowest BCUT2D eigenvalue weighted by Gasteiger charge is -2.33. The molecule has 158 valence electrons. The van der Waals surface area contributed by atoms with Crippen LogP contribution in [0.1, 0.15) is 31.7 Å². The minimum absolute atomic E-state index is 0.0668. The van der Waals surface area contributed by atoms with Crippen LogP contribution in [0.3, 0.4) is 0 Å². The Labute approximate surface area is 184 Å². The predicted octanol–water partition coefficient (Wildman–Crippen LogP) is 4.90. The van der Waals surface area contributed by atoms with Gasteiger partial charge in [0.2, 0.25) is 5.91 Å². The van der Waals surface area contributed by atoms with Gasteiger partial charge >= 0.3 is 0 Å². The maximum Gasteiger partial charge on any atom is 0.248 e. The van der Waals surface area contributed by atoms with E-state index >= 15 is 0 Å². The van der Waals surface area contributed by atoms with Gasteiger partial charge in [-0.3, -0.25) is 9.59 Å². The van der Waals surface area contributed by atoms with Crippen molar-refractivity contribution in [1.29, 1.82) is 0 Å². The Balaban J connectivity index is 1.89. The zero-order chi connectivity index (χ0) is 21.5. The fraction of sp³-hybridized carbons (Fsp3) is 0.360. The number of rotatable bonds is 9. The molecule has 0 aromatic heterocycles. The SMILES string of the molecule is CCCC(=Cc1ccccc1)C(=O)C1Sc2ccccc2N(CCCN(C)C)C1=O. The van der Waals surface area contributed by atoms with Crippen molar-refractivity contribution in [2.24, 2.45) is 0 Å². The Morgan fingerprint density at radius 3 is 2.50 bits per heavy atom. The number of para-hydroxylation sites is 1. The number of benzene rings is 2. The second-order valence-corrected chi connectivity index (χ2v) is 8.95. The highest BCUT2D eigenvalue weighted by molar-refractivity contribution is 8.01. The fourth-order valence-electron chi connectivity index (χ4n) is 3.61. The molecular formula is C25H30N2O2S. The lowest BCUT2D eigenvalue weighted by molar-refractivity contribution is -0.124. The first-order chi connectivity index (χ1) is 14.5. The molecule has 4 nitrogen and oxygen atoms in total. The van der Waals surface area contributed by atoms with Gasteiger partial charge in [-0.1, -0.05) is 55.8 Å². The zero-order valence-corrected chi connectivity index (χ0v) is 18.8. The summed E-state index contributed by atoms with van der Waals surface area (Å²) in [6.07, 6.45) is 4.33. The molecule has 1 heterocycles. The van der Waals surface area contributed by atoms with Crippen molar-refractivity contribution in [2.75, 3.05) is 32.1 Å². The summed E-state index contributed by atoms with van der Waals surface area (Å²) in [6.45, 7) is 3.57. The van der Waals surface area contributed by atoms with Gasteiger partial charge in [0, 0.05) is 11.4 Å². The average Bonchev–Trinajstić information content (AvgIpc) is 2.75. The van der Waals surface area contributed by atoms with Gasteiger partial charge in [-0.25, -0.2) is 0 Å². The van der Waals surface area contributed by atoms with Gasteiger partial charge in [0.15, 0.2) is 11.0 Å². The van der Waals surface area contributed by atoms with E-state index in [2.05, 4.69) is 11.8 Å². The quantitative estimate of drug-likeness (QED) is 0.426. The Morgan fingerprint density at radius 2 is 1.80 bits per heavy atom. The lowest BCUT2D eigenvalue weighted by atomic mass is 9.99. The number of thioether (sulfide) groups is 1. The second-order valence-electron chi connectivity index (χ2n) is 7.81. The summed E-state index contributed by atoms with van der Waals surface area (Å²) >= 11 is 1.39. The van der Waals surface area contributed by atoms with Gasteiger partial charge in [0.25, 0.3) is 0 Å². The van der Waals surface area contributed by atoms with Crippen molar-refractivity contribution in [3.05, 3.63) is 65.7 Å². The van der Waals surface area contributed by atoms with Gasteiger partial charge in [-0.05, 0) is 62.8 Å². The molecule has 2 aromatic rings. The molecule has 0 saturated heterocycles. The van der Waals surface area contributed by atoms with E-state index in [1.165, 1.54) is 11.8 Å². The lowest BCUT2D eigenvalue weighted by Crippen LogP contribution is -2.45. The maximum atomic E-state index is 13.5. The highest BCUT2D eigenvalue weighted by Crippen LogP contribution is 2.40. The Morgan fingerprint density at radius 1 is 1.10 bits per heavy atom. The molecule has 30 heavy (non-hydrogen) atoms. The molecule has 2 aromatic carbocycles. The Kier molecular flexibility index (Phi) is 7.88. The summed E-state index contributed by atoms with van der Waals surface area (Å²) in [5, 5.41) is -0.722. The highest BCUT2D eigenvalue weighted by atomic mass is 32.2. The molecule has 0 aliphatic carbocycles. The predicted molar refractivity (Wildman–Crippen MR) is 126 cm³/mol. The van der Waals surface area contributed by atoms with Crippen LogP contribution < -0.4 is 4.90 Å². The number of nitrogens with zero attached hydrogens (tertiary/aromatic N) is 2. The summed E-state index contributed by atoms with van der Waals surface area (Å²) < 4.78 is 0. The first kappa shape index (κ1) is 22.3. The van der Waals surface area contributed by atoms with Gasteiger partial charge in [-0.15, -0.1) is 11.8 Å². The van der Waals surface area contributed by atoms with Crippen molar-refractivity contribution in [3.63, 3.8) is 0 Å². The molecule has 1 unspecified atom stereocenters. The van der Waals surface area contributed by atoms with Crippen LogP contribution in [0.5, 0.6) is 0 Å². The number of amides is 1. The van der Waals surface area contributed by atoms with E-state index in [0.29, 0.717) is 13.0 Å². The van der Waals surface area contributed by atoms with E-state index in [1.807, 2.05) is 79.7 Å². The molecule has 0 bridgehead atoms. The number of anilines is 1. The van der Waals surface area contributed by atoms with Gasteiger partial charge in [0.05, 0.1) is 5.69 Å². The third-order valence-electron chi connectivity index (χ3n) is 5.09. The van der Waals surface area contributed by atoms with Gasteiger partial charge in [0.1, 0.15) is 0 Å². The third kappa shape index (κ3) is 5.41. The van der Waals surface area contributed by atoms with E-state index in [1.54, 1.807) is 0 Å². The van der Waals surface area contributed by atoms with Crippen LogP contribution in [0.15, 0.2) is 65.1 Å². The smallest absolute Gasteiger partial charge is 0.248 e. The van der Waals surface area contributed by atoms with Crippen LogP contribution in [0.4, 0.5) is 5.69 Å². The second kappa shape index (κ2) is 10.6. The summed E-state index contributed by atoms with van der Waals surface area (Å²) in [6, 6.07) is 17.8. The van der Waals surface area contributed by atoms with E-state index in [9.17, 15) is 9.59 Å². The molecule has 5 heteroatoms. The standard InChI is InChI=1S/C25H30N2O2S/c1-4-11-20(18-19-12-6-5-7-13-19)23(28)24-25(29)27(17-10-16-26(2)3)21-14-8-9-15-22(21)30-24/h5-9,12-15,18,24H,4,10-11,16-17H2,1-3H3. The first-order valence-corrected chi connectivity index (χ1v) is 11.4. The number of carbonyl (C=O) groups is 2. The molecule has 1 aliphatic heterocycles. The molecule has 1 aliphatic rings. The van der Waals surface area contributed by atoms with Crippen molar-refractivity contribution in [2.45, 2.75) is 36.3 Å². The molecule has 0 radical (unpaired) electrons. The molecule has 0 N–H and O–H groups in total. The first-order valence-electron chi connectivity index (χ1n) is 10.5. The topological polar surface area (TPSA) is 40.6 Å². The van der Waals surface area contributed by atoms with E-state index in [0.717, 1.165) is 41.1 Å². The minimum atomic E-state index is -0.722. The normalized spacial score (nSPS) is 16.7. The van der Waals surface area contributed by atoms with Crippen LogP contribution in [0.2, 0.25) is 0 Å². The van der Waals surface area contributed by atoms with Gasteiger partial charge < -0.3 is 9.80 Å². The van der Waals surface area contributed by atoms with E-state index < -0.39 is 5.25 Å². The monoisotopic (exact) mass is 422 g/mol. The molecule has 0 spiro atoms. The molecule has 3 rings (SSSR count). The molecule has 0 fully saturated rings. The highest BCUT2D eigenvalue weighted by Gasteiger charge is 2.38. The largest absolute Gasteiger partial charge is 0.310 e.